The summed E-state index contributed by atoms with van der Waals surface area (Å²) in [5, 5.41) is 0. The fraction of sp³-hybridized carbons (Fsp3) is 0.375. The molecule has 0 radical (unpaired) electrons. The third-order valence-corrected chi connectivity index (χ3v) is 4.88. The molecule has 0 spiro atoms. The summed E-state index contributed by atoms with van der Waals surface area (Å²) < 4.78 is 6.58. The Morgan fingerprint density at radius 1 is 1.45 bits per heavy atom. The quantitative estimate of drug-likeness (QED) is 0.856. The van der Waals surface area contributed by atoms with Crippen LogP contribution < -0.4 is 0 Å². The minimum absolute atomic E-state index is 0.0478. The van der Waals surface area contributed by atoms with Crippen LogP contribution in [-0.4, -0.2) is 35.0 Å². The molecule has 116 valence electrons. The van der Waals surface area contributed by atoms with Gasteiger partial charge in [0.05, 0.1) is 21.9 Å². The Hall–Kier alpha value is -1.43. The van der Waals surface area contributed by atoms with Crippen LogP contribution in [-0.2, 0) is 11.3 Å². The molecule has 4 nitrogen and oxygen atoms in total. The first-order valence-electron chi connectivity index (χ1n) is 7.27. The number of carbonyl (C=O) groups excluding carboxylic acids is 1. The third kappa shape index (κ3) is 3.85. The second-order valence-electron chi connectivity index (χ2n) is 5.29. The molecule has 3 rings (SSSR count). The highest BCUT2D eigenvalue weighted by molar-refractivity contribution is 7.17. The smallest absolute Gasteiger partial charge is 0.264 e. The fourth-order valence-corrected chi connectivity index (χ4v) is 3.55. The Morgan fingerprint density at radius 3 is 3.09 bits per heavy atom. The van der Waals surface area contributed by atoms with Crippen molar-refractivity contribution in [1.82, 2.24) is 9.88 Å². The van der Waals surface area contributed by atoms with Crippen molar-refractivity contribution in [3.05, 3.63) is 51.4 Å². The molecule has 1 atom stereocenters. The molecule has 0 aromatic carbocycles. The molecule has 0 saturated carbocycles. The van der Waals surface area contributed by atoms with E-state index in [9.17, 15) is 4.79 Å². The summed E-state index contributed by atoms with van der Waals surface area (Å²) in [7, 11) is 0. The number of carbonyl (C=O) groups is 1. The number of likely N-dealkylation sites (tertiary alicyclic amines) is 1. The largest absolute Gasteiger partial charge is 0.372 e. The van der Waals surface area contributed by atoms with Crippen LogP contribution in [0, 0.1) is 0 Å². The van der Waals surface area contributed by atoms with Gasteiger partial charge in [0, 0.05) is 25.5 Å². The van der Waals surface area contributed by atoms with Gasteiger partial charge in [-0.1, -0.05) is 17.7 Å². The number of amides is 1. The number of piperidine rings is 1. The molecular formula is C16H17ClN2O2S. The van der Waals surface area contributed by atoms with E-state index in [4.69, 9.17) is 16.3 Å². The van der Waals surface area contributed by atoms with E-state index < -0.39 is 0 Å². The highest BCUT2D eigenvalue weighted by Gasteiger charge is 2.25. The van der Waals surface area contributed by atoms with Gasteiger partial charge in [-0.15, -0.1) is 11.3 Å². The maximum absolute atomic E-state index is 12.4. The van der Waals surface area contributed by atoms with Gasteiger partial charge in [-0.25, -0.2) is 0 Å². The first kappa shape index (κ1) is 15.5. The summed E-state index contributed by atoms with van der Waals surface area (Å²) >= 11 is 7.23. The predicted molar refractivity (Wildman–Crippen MR) is 87.3 cm³/mol. The van der Waals surface area contributed by atoms with E-state index in [0.29, 0.717) is 22.4 Å². The molecule has 2 aromatic heterocycles. The predicted octanol–water partition coefficient (Wildman–Crippen LogP) is 3.62. The lowest BCUT2D eigenvalue weighted by atomic mass is 10.1. The normalized spacial score (nSPS) is 18.4. The number of hydrogen-bond donors (Lipinski definition) is 0. The van der Waals surface area contributed by atoms with Crippen LogP contribution in [0.3, 0.4) is 0 Å². The maximum atomic E-state index is 12.4. The Labute approximate surface area is 138 Å². The summed E-state index contributed by atoms with van der Waals surface area (Å²) in [6, 6.07) is 7.44. The lowest BCUT2D eigenvalue weighted by Gasteiger charge is -2.32. The number of nitrogens with zero attached hydrogens (tertiary/aromatic N) is 2. The van der Waals surface area contributed by atoms with Gasteiger partial charge in [0.25, 0.3) is 5.91 Å². The summed E-state index contributed by atoms with van der Waals surface area (Å²) in [5.41, 5.74) is 1.05. The van der Waals surface area contributed by atoms with Crippen molar-refractivity contribution in [2.24, 2.45) is 0 Å². The van der Waals surface area contributed by atoms with E-state index in [1.807, 2.05) is 17.0 Å². The molecule has 0 bridgehead atoms. The Kier molecular flexibility index (Phi) is 5.08. The number of rotatable bonds is 4. The van der Waals surface area contributed by atoms with Crippen molar-refractivity contribution in [3.63, 3.8) is 0 Å². The summed E-state index contributed by atoms with van der Waals surface area (Å²) in [6.07, 6.45) is 5.57. The van der Waals surface area contributed by atoms with Crippen LogP contribution in [0.25, 0.3) is 0 Å². The van der Waals surface area contributed by atoms with Gasteiger partial charge in [0.2, 0.25) is 0 Å². The molecule has 1 fully saturated rings. The number of pyridine rings is 1. The van der Waals surface area contributed by atoms with Crippen molar-refractivity contribution < 1.29 is 9.53 Å². The molecule has 0 unspecified atom stereocenters. The number of halogens is 1. The van der Waals surface area contributed by atoms with E-state index in [0.717, 1.165) is 24.9 Å². The Bertz CT molecular complexity index is 632. The van der Waals surface area contributed by atoms with E-state index in [1.54, 1.807) is 24.5 Å². The molecule has 1 aliphatic rings. The second kappa shape index (κ2) is 7.22. The van der Waals surface area contributed by atoms with Crippen molar-refractivity contribution in [2.75, 3.05) is 13.1 Å². The first-order chi connectivity index (χ1) is 10.7. The van der Waals surface area contributed by atoms with E-state index in [-0.39, 0.29) is 12.0 Å². The third-order valence-electron chi connectivity index (χ3n) is 3.66. The van der Waals surface area contributed by atoms with Gasteiger partial charge in [0.1, 0.15) is 0 Å². The van der Waals surface area contributed by atoms with Gasteiger partial charge < -0.3 is 9.64 Å². The minimum atomic E-state index is 0.0478. The zero-order valence-corrected chi connectivity index (χ0v) is 13.6. The fourth-order valence-electron chi connectivity index (χ4n) is 2.54. The average Bonchev–Trinajstić information content (AvgIpc) is 3.00. The van der Waals surface area contributed by atoms with Gasteiger partial charge in [-0.2, -0.15) is 0 Å². The second-order valence-corrected chi connectivity index (χ2v) is 7.01. The van der Waals surface area contributed by atoms with Crippen molar-refractivity contribution in [3.8, 4) is 0 Å². The minimum Gasteiger partial charge on any atom is -0.372 e. The molecule has 0 aliphatic carbocycles. The van der Waals surface area contributed by atoms with E-state index in [2.05, 4.69) is 4.98 Å². The zero-order chi connectivity index (χ0) is 15.4. The standard InChI is InChI=1S/C16H17ClN2O2S/c17-15-6-5-14(22-15)16(20)19-8-2-4-13(10-19)21-11-12-3-1-7-18-9-12/h1,3,5-7,9,13H,2,4,8,10-11H2/t13-/m1/s1. The summed E-state index contributed by atoms with van der Waals surface area (Å²) in [4.78, 5) is 19.1. The molecule has 2 aromatic rings. The average molecular weight is 337 g/mol. The number of ether oxygens (including phenoxy) is 1. The lowest BCUT2D eigenvalue weighted by Crippen LogP contribution is -2.42. The molecule has 6 heteroatoms. The highest BCUT2D eigenvalue weighted by Crippen LogP contribution is 2.24. The molecule has 1 saturated heterocycles. The number of hydrogen-bond acceptors (Lipinski definition) is 4. The topological polar surface area (TPSA) is 42.4 Å². The summed E-state index contributed by atoms with van der Waals surface area (Å²) in [5.74, 6) is 0.0478. The Balaban J connectivity index is 1.56. The number of thiophene rings is 1. The van der Waals surface area contributed by atoms with Gasteiger partial charge >= 0.3 is 0 Å². The summed E-state index contributed by atoms with van der Waals surface area (Å²) in [6.45, 7) is 1.95. The van der Waals surface area contributed by atoms with Gasteiger partial charge in [0.15, 0.2) is 0 Å². The Morgan fingerprint density at radius 2 is 2.36 bits per heavy atom. The van der Waals surface area contributed by atoms with E-state index >= 15 is 0 Å². The van der Waals surface area contributed by atoms with Gasteiger partial charge in [-0.05, 0) is 36.6 Å². The lowest BCUT2D eigenvalue weighted by molar-refractivity contribution is -0.00667. The highest BCUT2D eigenvalue weighted by atomic mass is 35.5. The number of aromatic nitrogens is 1. The molecule has 22 heavy (non-hydrogen) atoms. The SMILES string of the molecule is O=C(c1ccc(Cl)s1)N1CCC[C@@H](OCc2cccnc2)C1. The zero-order valence-electron chi connectivity index (χ0n) is 12.1. The molecule has 0 N–H and O–H groups in total. The monoisotopic (exact) mass is 336 g/mol. The van der Waals surface area contributed by atoms with Crippen LogP contribution in [0.4, 0.5) is 0 Å². The van der Waals surface area contributed by atoms with Crippen LogP contribution in [0.2, 0.25) is 4.34 Å². The molecule has 3 heterocycles. The van der Waals surface area contributed by atoms with Gasteiger partial charge in [-0.3, -0.25) is 9.78 Å². The van der Waals surface area contributed by atoms with Crippen molar-refractivity contribution in [1.29, 1.82) is 0 Å². The van der Waals surface area contributed by atoms with Crippen molar-refractivity contribution >= 4 is 28.8 Å². The molecular weight excluding hydrogens is 320 g/mol. The molecule has 1 aliphatic heterocycles. The van der Waals surface area contributed by atoms with Crippen molar-refractivity contribution in [2.45, 2.75) is 25.6 Å². The van der Waals surface area contributed by atoms with Crippen LogP contribution >= 0.6 is 22.9 Å². The first-order valence-corrected chi connectivity index (χ1v) is 8.47. The van der Waals surface area contributed by atoms with Crippen LogP contribution in [0.1, 0.15) is 28.1 Å². The maximum Gasteiger partial charge on any atom is 0.264 e. The van der Waals surface area contributed by atoms with E-state index in [1.165, 1.54) is 11.3 Å². The van der Waals surface area contributed by atoms with Crippen LogP contribution in [0.15, 0.2) is 36.7 Å². The van der Waals surface area contributed by atoms with Crippen LogP contribution in [0.5, 0.6) is 0 Å². The molecule has 1 amide bonds.